The van der Waals surface area contributed by atoms with E-state index in [1.54, 1.807) is 0 Å². The fourth-order valence-electron chi connectivity index (χ4n) is 5.21. The minimum atomic E-state index is -4.36. The summed E-state index contributed by atoms with van der Waals surface area (Å²) in [7, 11) is 1.47. The summed E-state index contributed by atoms with van der Waals surface area (Å²) >= 11 is 0. The van der Waals surface area contributed by atoms with Crippen LogP contribution in [0.1, 0.15) is 168 Å². The fraction of sp³-hybridized carbons (Fsp3) is 0.895. The van der Waals surface area contributed by atoms with Gasteiger partial charge in [-0.15, -0.1) is 0 Å². The molecule has 0 bridgehead atoms. The van der Waals surface area contributed by atoms with Crippen LogP contribution in [0.5, 0.6) is 0 Å². The van der Waals surface area contributed by atoms with Crippen molar-refractivity contribution < 1.29 is 42.1 Å². The van der Waals surface area contributed by atoms with Crippen LogP contribution in [0.3, 0.4) is 0 Å². The summed E-state index contributed by atoms with van der Waals surface area (Å²) in [6.45, 7) is 4.35. The molecule has 2 atom stereocenters. The van der Waals surface area contributed by atoms with Crippen LogP contribution in [0.2, 0.25) is 0 Å². The molecule has 1 N–H and O–H groups in total. The summed E-state index contributed by atoms with van der Waals surface area (Å²) in [4.78, 5) is 35.1. The molecule has 0 saturated heterocycles. The van der Waals surface area contributed by atoms with Gasteiger partial charge in [-0.05, 0) is 25.7 Å². The standard InChI is InChI=1S/C38H74NO8P/c1-6-8-10-12-14-16-17-18-19-20-21-23-24-26-28-30-37(40)44-34-36(35-46-48(42,43)45-33-32-39(3,4)5)47-38(41)31-29-27-25-22-15-13-11-9-7-2/h24,26,36H,6-23,25,27-35H2,1-5H3/p+1/b26-24+/t36-/m0/s1. The van der Waals surface area contributed by atoms with Crippen LogP contribution in [0.25, 0.3) is 0 Å². The second-order valence-electron chi connectivity index (χ2n) is 14.3. The lowest BCUT2D eigenvalue weighted by molar-refractivity contribution is -0.870. The Bertz CT molecular complexity index is 845. The highest BCUT2D eigenvalue weighted by Gasteiger charge is 2.27. The van der Waals surface area contributed by atoms with E-state index in [1.807, 2.05) is 27.2 Å². The maximum Gasteiger partial charge on any atom is 0.472 e. The predicted octanol–water partition coefficient (Wildman–Crippen LogP) is 10.2. The number of hydrogen-bond donors (Lipinski definition) is 1. The lowest BCUT2D eigenvalue weighted by atomic mass is 10.1. The van der Waals surface area contributed by atoms with Gasteiger partial charge in [-0.1, -0.05) is 142 Å². The van der Waals surface area contributed by atoms with Crippen molar-refractivity contribution in [3.63, 3.8) is 0 Å². The molecule has 0 aromatic heterocycles. The topological polar surface area (TPSA) is 108 Å². The number of carbonyl (C=O) groups is 2. The zero-order valence-electron chi connectivity index (χ0n) is 31.7. The van der Waals surface area contributed by atoms with Crippen molar-refractivity contribution >= 4 is 19.8 Å². The molecule has 0 aliphatic rings. The van der Waals surface area contributed by atoms with Gasteiger partial charge in [-0.3, -0.25) is 18.6 Å². The summed E-state index contributed by atoms with van der Waals surface area (Å²) in [6, 6.07) is 0. The Morgan fingerprint density at radius 1 is 0.625 bits per heavy atom. The number of quaternary nitrogens is 1. The van der Waals surface area contributed by atoms with Crippen LogP contribution in [0, 0.1) is 0 Å². The maximum atomic E-state index is 12.5. The van der Waals surface area contributed by atoms with E-state index >= 15 is 0 Å². The van der Waals surface area contributed by atoms with Crippen molar-refractivity contribution in [3.8, 4) is 0 Å². The third-order valence-corrected chi connectivity index (χ3v) is 9.29. The van der Waals surface area contributed by atoms with Crippen molar-refractivity contribution in [2.24, 2.45) is 0 Å². The quantitative estimate of drug-likeness (QED) is 0.0228. The number of esters is 2. The SMILES string of the molecule is CCCCCCCCCCCCC/C=C/CCC(=O)OC[C@@H](COP(=O)(O)OCC[N+](C)(C)C)OC(=O)CCCCCCCCCCC. The van der Waals surface area contributed by atoms with Crippen LogP contribution in [0.15, 0.2) is 12.2 Å². The normalized spacial score (nSPS) is 13.9. The second kappa shape index (κ2) is 31.7. The molecule has 0 radical (unpaired) electrons. The molecular formula is C38H75NO8P+. The zero-order chi connectivity index (χ0) is 35.8. The summed E-state index contributed by atoms with van der Waals surface area (Å²) in [6.07, 6.45) is 29.9. The summed E-state index contributed by atoms with van der Waals surface area (Å²) < 4.78 is 34.0. The largest absolute Gasteiger partial charge is 0.472 e. The molecule has 0 saturated carbocycles. The number of carbonyl (C=O) groups excluding carboxylic acids is 2. The Labute approximate surface area is 295 Å². The summed E-state index contributed by atoms with van der Waals surface area (Å²) in [5.74, 6) is -0.854. The van der Waals surface area contributed by atoms with Gasteiger partial charge in [0.25, 0.3) is 0 Å². The molecule has 0 spiro atoms. The number of nitrogens with zero attached hydrogens (tertiary/aromatic N) is 1. The fourth-order valence-corrected chi connectivity index (χ4v) is 5.95. The Hall–Kier alpha value is -1.25. The molecule has 284 valence electrons. The highest BCUT2D eigenvalue weighted by molar-refractivity contribution is 7.47. The molecule has 0 rings (SSSR count). The first-order valence-electron chi connectivity index (χ1n) is 19.4. The highest BCUT2D eigenvalue weighted by Crippen LogP contribution is 2.43. The molecule has 0 aliphatic carbocycles. The van der Waals surface area contributed by atoms with Gasteiger partial charge in [-0.2, -0.15) is 0 Å². The lowest BCUT2D eigenvalue weighted by Gasteiger charge is -2.24. The number of likely N-dealkylation sites (N-methyl/N-ethyl adjacent to an activating group) is 1. The minimum absolute atomic E-state index is 0.0299. The first-order valence-corrected chi connectivity index (χ1v) is 20.9. The van der Waals surface area contributed by atoms with Crippen LogP contribution >= 0.6 is 7.82 Å². The van der Waals surface area contributed by atoms with Gasteiger partial charge in [0, 0.05) is 12.8 Å². The summed E-state index contributed by atoms with van der Waals surface area (Å²) in [5.41, 5.74) is 0. The molecule has 0 heterocycles. The van der Waals surface area contributed by atoms with Crippen LogP contribution in [-0.4, -0.2) is 74.9 Å². The second-order valence-corrected chi connectivity index (χ2v) is 15.8. The molecule has 10 heteroatoms. The number of hydrogen-bond acceptors (Lipinski definition) is 7. The number of rotatable bonds is 35. The first-order chi connectivity index (χ1) is 23.0. The average molecular weight is 705 g/mol. The zero-order valence-corrected chi connectivity index (χ0v) is 32.6. The minimum Gasteiger partial charge on any atom is -0.462 e. The predicted molar refractivity (Wildman–Crippen MR) is 197 cm³/mol. The van der Waals surface area contributed by atoms with Gasteiger partial charge in [0.2, 0.25) is 0 Å². The van der Waals surface area contributed by atoms with E-state index < -0.39 is 32.5 Å². The molecular weight excluding hydrogens is 629 g/mol. The molecule has 0 fully saturated rings. The van der Waals surface area contributed by atoms with Gasteiger partial charge >= 0.3 is 19.8 Å². The van der Waals surface area contributed by atoms with E-state index in [0.29, 0.717) is 23.9 Å². The number of phosphoric ester groups is 1. The van der Waals surface area contributed by atoms with Gasteiger partial charge in [0.05, 0.1) is 27.7 Å². The average Bonchev–Trinajstić information content (AvgIpc) is 3.02. The van der Waals surface area contributed by atoms with Gasteiger partial charge in [0.15, 0.2) is 6.10 Å². The molecule has 48 heavy (non-hydrogen) atoms. The highest BCUT2D eigenvalue weighted by atomic mass is 31.2. The smallest absolute Gasteiger partial charge is 0.462 e. The Balaban J connectivity index is 4.42. The van der Waals surface area contributed by atoms with Crippen LogP contribution in [-0.2, 0) is 32.7 Å². The van der Waals surface area contributed by atoms with E-state index in [-0.39, 0.29) is 26.1 Å². The van der Waals surface area contributed by atoms with Gasteiger partial charge in [0.1, 0.15) is 19.8 Å². The van der Waals surface area contributed by atoms with E-state index in [4.69, 9.17) is 18.5 Å². The molecule has 0 aromatic rings. The number of unbranched alkanes of at least 4 members (excludes halogenated alkanes) is 19. The van der Waals surface area contributed by atoms with Gasteiger partial charge in [-0.25, -0.2) is 4.57 Å². The van der Waals surface area contributed by atoms with E-state index in [1.165, 1.54) is 103 Å². The molecule has 9 nitrogen and oxygen atoms in total. The monoisotopic (exact) mass is 705 g/mol. The van der Waals surface area contributed by atoms with Crippen molar-refractivity contribution in [2.45, 2.75) is 174 Å². The number of allylic oxidation sites excluding steroid dienone is 2. The molecule has 0 aliphatic heterocycles. The Kier molecular flexibility index (Phi) is 30.9. The van der Waals surface area contributed by atoms with Crippen molar-refractivity contribution in [1.82, 2.24) is 0 Å². The summed E-state index contributed by atoms with van der Waals surface area (Å²) in [5, 5.41) is 0. The van der Waals surface area contributed by atoms with E-state index in [0.717, 1.165) is 25.7 Å². The third-order valence-electron chi connectivity index (χ3n) is 8.31. The Morgan fingerprint density at radius 2 is 1.10 bits per heavy atom. The molecule has 0 aromatic carbocycles. The lowest BCUT2D eigenvalue weighted by Crippen LogP contribution is -2.37. The molecule has 1 unspecified atom stereocenters. The van der Waals surface area contributed by atoms with Gasteiger partial charge < -0.3 is 18.9 Å². The number of phosphoric acid groups is 1. The van der Waals surface area contributed by atoms with Crippen molar-refractivity contribution in [3.05, 3.63) is 12.2 Å². The third kappa shape index (κ3) is 34.6. The maximum absolute atomic E-state index is 12.5. The van der Waals surface area contributed by atoms with Crippen LogP contribution < -0.4 is 0 Å². The van der Waals surface area contributed by atoms with E-state index in [2.05, 4.69) is 19.9 Å². The molecule has 0 amide bonds. The number of ether oxygens (including phenoxy) is 2. The van der Waals surface area contributed by atoms with Crippen molar-refractivity contribution in [1.29, 1.82) is 0 Å². The van der Waals surface area contributed by atoms with Crippen LogP contribution in [0.4, 0.5) is 0 Å². The Morgan fingerprint density at radius 3 is 1.62 bits per heavy atom. The first kappa shape index (κ1) is 46.8. The van der Waals surface area contributed by atoms with E-state index in [9.17, 15) is 19.0 Å². The van der Waals surface area contributed by atoms with Crippen molar-refractivity contribution in [2.75, 3.05) is 47.5 Å².